The Balaban J connectivity index is 1.56. The van der Waals surface area contributed by atoms with E-state index in [0.29, 0.717) is 33.8 Å². The highest BCUT2D eigenvalue weighted by Gasteiger charge is 2.44. The van der Waals surface area contributed by atoms with Crippen LogP contribution in [-0.2, 0) is 0 Å². The Hall–Kier alpha value is -4.71. The zero-order valence-corrected chi connectivity index (χ0v) is 18.8. The fourth-order valence-electron chi connectivity index (χ4n) is 4.51. The molecular weight excluding hydrogens is 440 g/mol. The molecule has 1 unspecified atom stereocenters. The van der Waals surface area contributed by atoms with Crippen molar-refractivity contribution in [3.63, 3.8) is 0 Å². The molecule has 1 amide bonds. The van der Waals surface area contributed by atoms with Gasteiger partial charge in [0, 0.05) is 6.20 Å². The third-order valence-corrected chi connectivity index (χ3v) is 6.07. The molecule has 0 spiro atoms. The Bertz CT molecular complexity index is 1630. The van der Waals surface area contributed by atoms with Gasteiger partial charge in [-0.1, -0.05) is 48.0 Å². The zero-order chi connectivity index (χ0) is 23.9. The summed E-state index contributed by atoms with van der Waals surface area (Å²) in [6.45, 7) is 1.92. The fourth-order valence-corrected chi connectivity index (χ4v) is 4.51. The largest absolute Gasteiger partial charge is 0.457 e. The lowest BCUT2D eigenvalue weighted by Gasteiger charge is -2.24. The Kier molecular flexibility index (Phi) is 4.92. The molecule has 3 aromatic carbocycles. The van der Waals surface area contributed by atoms with Gasteiger partial charge in [0.2, 0.25) is 5.76 Å². The van der Waals surface area contributed by atoms with Gasteiger partial charge in [0.1, 0.15) is 22.9 Å². The number of carbonyl (C=O) groups excluding carboxylic acids is 1. The number of ether oxygens (including phenoxy) is 1. The second-order valence-corrected chi connectivity index (χ2v) is 8.43. The summed E-state index contributed by atoms with van der Waals surface area (Å²) in [5.74, 6) is 1.35. The molecule has 6 heteroatoms. The van der Waals surface area contributed by atoms with Crippen LogP contribution < -0.4 is 15.1 Å². The van der Waals surface area contributed by atoms with E-state index >= 15 is 0 Å². The number of aryl methyl sites for hydroxylation is 1. The Morgan fingerprint density at radius 3 is 2.46 bits per heavy atom. The molecule has 3 heterocycles. The van der Waals surface area contributed by atoms with Crippen molar-refractivity contribution in [1.29, 1.82) is 0 Å². The molecule has 1 aliphatic heterocycles. The summed E-state index contributed by atoms with van der Waals surface area (Å²) < 4.78 is 12.1. The first-order valence-corrected chi connectivity index (χ1v) is 11.2. The van der Waals surface area contributed by atoms with Gasteiger partial charge in [0.25, 0.3) is 5.91 Å². The third-order valence-electron chi connectivity index (χ3n) is 6.07. The number of hydrogen-bond acceptors (Lipinski definition) is 5. The van der Waals surface area contributed by atoms with E-state index in [4.69, 9.17) is 9.15 Å². The number of aromatic nitrogens is 1. The number of carbonyl (C=O) groups is 1. The van der Waals surface area contributed by atoms with E-state index in [1.165, 1.54) is 4.90 Å². The van der Waals surface area contributed by atoms with E-state index in [1.807, 2.05) is 67.6 Å². The molecule has 1 atom stereocenters. The van der Waals surface area contributed by atoms with Crippen molar-refractivity contribution in [1.82, 2.24) is 4.98 Å². The number of anilines is 1. The second-order valence-electron chi connectivity index (χ2n) is 8.43. The lowest BCUT2D eigenvalue weighted by Crippen LogP contribution is -2.30. The van der Waals surface area contributed by atoms with Crippen LogP contribution in [0.2, 0.25) is 0 Å². The van der Waals surface area contributed by atoms with Gasteiger partial charge in [-0.15, -0.1) is 0 Å². The van der Waals surface area contributed by atoms with Crippen LogP contribution in [0.4, 0.5) is 5.82 Å². The number of hydrogen-bond donors (Lipinski definition) is 0. The molecule has 170 valence electrons. The molecule has 0 fully saturated rings. The molecular formula is C29H20N2O4. The first-order valence-electron chi connectivity index (χ1n) is 11.2. The normalized spacial score (nSPS) is 14.8. The number of amides is 1. The van der Waals surface area contributed by atoms with Crippen LogP contribution >= 0.6 is 0 Å². The zero-order valence-electron chi connectivity index (χ0n) is 18.8. The van der Waals surface area contributed by atoms with Gasteiger partial charge in [-0.25, -0.2) is 4.98 Å². The number of rotatable bonds is 4. The highest BCUT2D eigenvalue weighted by molar-refractivity contribution is 6.10. The predicted molar refractivity (Wildman–Crippen MR) is 133 cm³/mol. The molecule has 5 aromatic rings. The minimum atomic E-state index is -0.715. The predicted octanol–water partition coefficient (Wildman–Crippen LogP) is 6.04. The van der Waals surface area contributed by atoms with Crippen molar-refractivity contribution in [2.75, 3.05) is 4.90 Å². The summed E-state index contributed by atoms with van der Waals surface area (Å²) in [5, 5.41) is 0.445. The van der Waals surface area contributed by atoms with Gasteiger partial charge in [0.15, 0.2) is 5.43 Å². The fraction of sp³-hybridized carbons (Fsp3) is 0.0690. The first-order chi connectivity index (χ1) is 17.1. The van der Waals surface area contributed by atoms with Gasteiger partial charge in [-0.2, -0.15) is 0 Å². The molecule has 6 nitrogen and oxygen atoms in total. The van der Waals surface area contributed by atoms with Crippen LogP contribution in [0.25, 0.3) is 11.0 Å². The van der Waals surface area contributed by atoms with Crippen LogP contribution in [0.15, 0.2) is 106 Å². The second kappa shape index (κ2) is 8.25. The molecule has 0 aliphatic carbocycles. The molecule has 6 rings (SSSR count). The maximum absolute atomic E-state index is 13.8. The maximum Gasteiger partial charge on any atom is 0.296 e. The highest BCUT2D eigenvalue weighted by Crippen LogP contribution is 2.41. The molecule has 2 aromatic heterocycles. The van der Waals surface area contributed by atoms with E-state index in [1.54, 1.807) is 36.5 Å². The summed E-state index contributed by atoms with van der Waals surface area (Å²) in [7, 11) is 0. The summed E-state index contributed by atoms with van der Waals surface area (Å²) in [5.41, 5.74) is 2.11. The number of para-hydroxylation sites is 1. The lowest BCUT2D eigenvalue weighted by molar-refractivity contribution is 0.0970. The van der Waals surface area contributed by atoms with Crippen molar-refractivity contribution in [2.24, 2.45) is 0 Å². The van der Waals surface area contributed by atoms with Gasteiger partial charge >= 0.3 is 0 Å². The van der Waals surface area contributed by atoms with Gasteiger partial charge in [-0.05, 0) is 61.0 Å². The van der Waals surface area contributed by atoms with Crippen molar-refractivity contribution in [3.05, 3.63) is 130 Å². The van der Waals surface area contributed by atoms with Crippen molar-refractivity contribution < 1.29 is 13.9 Å². The molecule has 0 N–H and O–H groups in total. The maximum atomic E-state index is 13.8. The summed E-state index contributed by atoms with van der Waals surface area (Å²) in [6, 6.07) is 26.8. The Morgan fingerprint density at radius 2 is 1.66 bits per heavy atom. The number of pyridine rings is 1. The van der Waals surface area contributed by atoms with Crippen molar-refractivity contribution in [3.8, 4) is 11.5 Å². The average Bonchev–Trinajstić information content (AvgIpc) is 3.18. The lowest BCUT2D eigenvalue weighted by atomic mass is 9.98. The quantitative estimate of drug-likeness (QED) is 0.327. The van der Waals surface area contributed by atoms with E-state index < -0.39 is 11.9 Å². The standard InChI is InChI=1S/C29H20N2O4/c1-18-13-14-23-22(16-18)27(32)25-26(31(29(33)28(25)35-23)24-12-5-6-15-30-24)19-8-7-11-21(17-19)34-20-9-3-2-4-10-20/h2-17,26H,1H3. The van der Waals surface area contributed by atoms with E-state index in [-0.39, 0.29) is 11.2 Å². The van der Waals surface area contributed by atoms with E-state index in [2.05, 4.69) is 4.98 Å². The minimum absolute atomic E-state index is 0.0383. The molecule has 1 aliphatic rings. The van der Waals surface area contributed by atoms with Crippen LogP contribution in [0, 0.1) is 6.92 Å². The average molecular weight is 460 g/mol. The number of benzene rings is 3. The smallest absolute Gasteiger partial charge is 0.296 e. The SMILES string of the molecule is Cc1ccc2oc3c(c(=O)c2c1)C(c1cccc(Oc2ccccc2)c1)N(c1ccccn1)C3=O. The monoisotopic (exact) mass is 460 g/mol. The summed E-state index contributed by atoms with van der Waals surface area (Å²) >= 11 is 0. The number of nitrogens with zero attached hydrogens (tertiary/aromatic N) is 2. The molecule has 0 bridgehead atoms. The van der Waals surface area contributed by atoms with Gasteiger partial charge in [-0.3, -0.25) is 14.5 Å². The van der Waals surface area contributed by atoms with E-state index in [9.17, 15) is 9.59 Å². The summed E-state index contributed by atoms with van der Waals surface area (Å²) in [4.78, 5) is 33.3. The molecule has 35 heavy (non-hydrogen) atoms. The highest BCUT2D eigenvalue weighted by atomic mass is 16.5. The van der Waals surface area contributed by atoms with E-state index in [0.717, 1.165) is 11.1 Å². The third kappa shape index (κ3) is 3.56. The summed E-state index contributed by atoms with van der Waals surface area (Å²) in [6.07, 6.45) is 1.62. The Morgan fingerprint density at radius 1 is 0.857 bits per heavy atom. The molecule has 0 saturated carbocycles. The van der Waals surface area contributed by atoms with Crippen LogP contribution in [0.5, 0.6) is 11.5 Å². The van der Waals surface area contributed by atoms with Crippen LogP contribution in [-0.4, -0.2) is 10.9 Å². The Labute approximate surface area is 201 Å². The minimum Gasteiger partial charge on any atom is -0.457 e. The van der Waals surface area contributed by atoms with Crippen LogP contribution in [0.3, 0.4) is 0 Å². The van der Waals surface area contributed by atoms with Crippen molar-refractivity contribution in [2.45, 2.75) is 13.0 Å². The first kappa shape index (κ1) is 20.9. The van der Waals surface area contributed by atoms with Crippen molar-refractivity contribution >= 4 is 22.7 Å². The van der Waals surface area contributed by atoms with Gasteiger partial charge < -0.3 is 9.15 Å². The van der Waals surface area contributed by atoms with Gasteiger partial charge in [0.05, 0.1) is 17.0 Å². The van der Waals surface area contributed by atoms with Crippen LogP contribution in [0.1, 0.15) is 33.3 Å². The number of fused-ring (bicyclic) bond motifs is 2. The molecule has 0 radical (unpaired) electrons. The topological polar surface area (TPSA) is 72.6 Å². The molecule has 0 saturated heterocycles.